The molecule has 0 bridgehead atoms. The Balaban J connectivity index is 2.36. The SMILES string of the molecule is NCC1(c2ccc(CF)c(Br)c2)CCCC1. The highest BCUT2D eigenvalue weighted by molar-refractivity contribution is 9.10. The number of rotatable bonds is 3. The Labute approximate surface area is 104 Å². The maximum atomic E-state index is 12.6. The molecule has 0 aliphatic heterocycles. The molecule has 0 spiro atoms. The predicted molar refractivity (Wildman–Crippen MR) is 68.2 cm³/mol. The fraction of sp³-hybridized carbons (Fsp3) is 0.538. The van der Waals surface area contributed by atoms with Crippen LogP contribution in [0.2, 0.25) is 0 Å². The van der Waals surface area contributed by atoms with Crippen molar-refractivity contribution in [1.82, 2.24) is 0 Å². The van der Waals surface area contributed by atoms with Gasteiger partial charge < -0.3 is 5.73 Å². The molecule has 0 aromatic heterocycles. The third kappa shape index (κ3) is 2.03. The van der Waals surface area contributed by atoms with Crippen LogP contribution in [0.25, 0.3) is 0 Å². The van der Waals surface area contributed by atoms with Gasteiger partial charge in [0.1, 0.15) is 6.67 Å². The second-order valence-corrected chi connectivity index (χ2v) is 5.49. The molecule has 2 N–H and O–H groups in total. The zero-order valence-electron chi connectivity index (χ0n) is 9.31. The highest BCUT2D eigenvalue weighted by Crippen LogP contribution is 2.41. The first-order chi connectivity index (χ1) is 7.72. The van der Waals surface area contributed by atoms with Crippen molar-refractivity contribution in [2.24, 2.45) is 5.73 Å². The Hall–Kier alpha value is -0.410. The molecule has 0 amide bonds. The predicted octanol–water partition coefficient (Wildman–Crippen LogP) is 3.69. The summed E-state index contributed by atoms with van der Waals surface area (Å²) in [6.45, 7) is 0.269. The molecule has 0 unspecified atom stereocenters. The van der Waals surface area contributed by atoms with Crippen molar-refractivity contribution in [3.05, 3.63) is 33.8 Å². The van der Waals surface area contributed by atoms with Gasteiger partial charge in [0.25, 0.3) is 0 Å². The highest BCUT2D eigenvalue weighted by atomic mass is 79.9. The van der Waals surface area contributed by atoms with Gasteiger partial charge in [-0.3, -0.25) is 0 Å². The van der Waals surface area contributed by atoms with Crippen LogP contribution in [0.1, 0.15) is 36.8 Å². The topological polar surface area (TPSA) is 26.0 Å². The molecule has 88 valence electrons. The standard InChI is InChI=1S/C13H17BrFN/c14-12-7-11(4-3-10(12)8-15)13(9-16)5-1-2-6-13/h3-4,7H,1-2,5-6,8-9,16H2. The maximum absolute atomic E-state index is 12.6. The van der Waals surface area contributed by atoms with Crippen LogP contribution in [0.3, 0.4) is 0 Å². The van der Waals surface area contributed by atoms with Crippen LogP contribution in [-0.2, 0) is 12.1 Å². The van der Waals surface area contributed by atoms with E-state index in [1.54, 1.807) is 0 Å². The Kier molecular flexibility index (Phi) is 3.65. The Bertz CT molecular complexity index is 372. The maximum Gasteiger partial charge on any atom is 0.116 e. The van der Waals surface area contributed by atoms with E-state index in [2.05, 4.69) is 15.9 Å². The molecule has 1 aromatic carbocycles. The van der Waals surface area contributed by atoms with Gasteiger partial charge in [0.2, 0.25) is 0 Å². The van der Waals surface area contributed by atoms with Crippen molar-refractivity contribution in [2.75, 3.05) is 6.54 Å². The molecule has 1 aromatic rings. The molecule has 3 heteroatoms. The van der Waals surface area contributed by atoms with Gasteiger partial charge in [-0.25, -0.2) is 4.39 Å². The van der Waals surface area contributed by atoms with Crippen molar-refractivity contribution in [3.8, 4) is 0 Å². The summed E-state index contributed by atoms with van der Waals surface area (Å²) in [5.41, 5.74) is 8.05. The van der Waals surface area contributed by atoms with Crippen molar-refractivity contribution in [3.63, 3.8) is 0 Å². The Morgan fingerprint density at radius 2 is 2.00 bits per heavy atom. The average molecular weight is 286 g/mol. The lowest BCUT2D eigenvalue weighted by Crippen LogP contribution is -2.32. The lowest BCUT2D eigenvalue weighted by atomic mass is 9.79. The summed E-state index contributed by atoms with van der Waals surface area (Å²) in [5, 5.41) is 0. The molecule has 0 heterocycles. The van der Waals surface area contributed by atoms with Crippen molar-refractivity contribution >= 4 is 15.9 Å². The molecule has 1 nitrogen and oxygen atoms in total. The number of benzene rings is 1. The number of nitrogens with two attached hydrogens (primary N) is 1. The van der Waals surface area contributed by atoms with E-state index in [-0.39, 0.29) is 5.41 Å². The summed E-state index contributed by atoms with van der Waals surface area (Å²) in [6.07, 6.45) is 4.81. The molecule has 2 rings (SSSR count). The quantitative estimate of drug-likeness (QED) is 0.901. The number of alkyl halides is 1. The third-order valence-corrected chi connectivity index (χ3v) is 4.50. The van der Waals surface area contributed by atoms with Gasteiger partial charge in [0, 0.05) is 16.4 Å². The monoisotopic (exact) mass is 285 g/mol. The van der Waals surface area contributed by atoms with Crippen molar-refractivity contribution in [1.29, 1.82) is 0 Å². The molecule has 1 aliphatic carbocycles. The molecule has 1 saturated carbocycles. The van der Waals surface area contributed by atoms with Gasteiger partial charge in [0.05, 0.1) is 0 Å². The largest absolute Gasteiger partial charge is 0.330 e. The van der Waals surface area contributed by atoms with Crippen LogP contribution >= 0.6 is 15.9 Å². The van der Waals surface area contributed by atoms with Gasteiger partial charge in [-0.15, -0.1) is 0 Å². The van der Waals surface area contributed by atoms with Crippen molar-refractivity contribution in [2.45, 2.75) is 37.8 Å². The van der Waals surface area contributed by atoms with Gasteiger partial charge in [-0.2, -0.15) is 0 Å². The van der Waals surface area contributed by atoms with E-state index in [4.69, 9.17) is 5.73 Å². The first kappa shape index (κ1) is 12.1. The van der Waals surface area contributed by atoms with Gasteiger partial charge in [-0.1, -0.05) is 40.9 Å². The lowest BCUT2D eigenvalue weighted by molar-refractivity contribution is 0.451. The number of halogens is 2. The van der Waals surface area contributed by atoms with Crippen molar-refractivity contribution < 1.29 is 4.39 Å². The van der Waals surface area contributed by atoms with Crippen LogP contribution in [0.15, 0.2) is 22.7 Å². The molecular formula is C13H17BrFN. The summed E-state index contributed by atoms with van der Waals surface area (Å²) < 4.78 is 13.5. The number of hydrogen-bond donors (Lipinski definition) is 1. The minimum atomic E-state index is -0.420. The van der Waals surface area contributed by atoms with Gasteiger partial charge in [-0.05, 0) is 30.0 Å². The fourth-order valence-corrected chi connectivity index (χ4v) is 3.13. The zero-order chi connectivity index (χ0) is 11.6. The third-order valence-electron chi connectivity index (χ3n) is 3.76. The molecule has 0 atom stereocenters. The van der Waals surface area contributed by atoms with Crippen LogP contribution in [0, 0.1) is 0 Å². The van der Waals surface area contributed by atoms with Crippen LogP contribution in [-0.4, -0.2) is 6.54 Å². The second kappa shape index (κ2) is 4.84. The van der Waals surface area contributed by atoms with Gasteiger partial charge >= 0.3 is 0 Å². The summed E-state index contributed by atoms with van der Waals surface area (Å²) >= 11 is 3.43. The number of hydrogen-bond acceptors (Lipinski definition) is 1. The minimum absolute atomic E-state index is 0.136. The van der Waals surface area contributed by atoms with E-state index in [1.165, 1.54) is 18.4 Å². The Morgan fingerprint density at radius 3 is 2.50 bits per heavy atom. The first-order valence-corrected chi connectivity index (χ1v) is 6.56. The molecule has 0 saturated heterocycles. The van der Waals surface area contributed by atoms with Crippen LogP contribution in [0.4, 0.5) is 4.39 Å². The smallest absolute Gasteiger partial charge is 0.116 e. The van der Waals surface area contributed by atoms with E-state index in [9.17, 15) is 4.39 Å². The Morgan fingerprint density at radius 1 is 1.31 bits per heavy atom. The molecule has 0 radical (unpaired) electrons. The normalized spacial score (nSPS) is 18.9. The van der Waals surface area contributed by atoms with Gasteiger partial charge in [0.15, 0.2) is 0 Å². The summed E-state index contributed by atoms with van der Waals surface area (Å²) in [5.74, 6) is 0. The van der Waals surface area contributed by atoms with Crippen LogP contribution in [0.5, 0.6) is 0 Å². The molecule has 16 heavy (non-hydrogen) atoms. The second-order valence-electron chi connectivity index (χ2n) is 4.63. The minimum Gasteiger partial charge on any atom is -0.330 e. The fourth-order valence-electron chi connectivity index (χ4n) is 2.65. The van der Waals surface area contributed by atoms with E-state index in [0.717, 1.165) is 17.3 Å². The zero-order valence-corrected chi connectivity index (χ0v) is 10.9. The highest BCUT2D eigenvalue weighted by Gasteiger charge is 2.34. The summed E-state index contributed by atoms with van der Waals surface area (Å²) in [6, 6.07) is 5.96. The van der Waals surface area contributed by atoms with E-state index < -0.39 is 6.67 Å². The molecule has 1 fully saturated rings. The molecule has 1 aliphatic rings. The van der Waals surface area contributed by atoms with E-state index >= 15 is 0 Å². The van der Waals surface area contributed by atoms with E-state index in [0.29, 0.717) is 12.1 Å². The summed E-state index contributed by atoms with van der Waals surface area (Å²) in [7, 11) is 0. The molecular weight excluding hydrogens is 269 g/mol. The van der Waals surface area contributed by atoms with Crippen LogP contribution < -0.4 is 5.73 Å². The first-order valence-electron chi connectivity index (χ1n) is 5.77. The summed E-state index contributed by atoms with van der Waals surface area (Å²) in [4.78, 5) is 0. The van der Waals surface area contributed by atoms with E-state index in [1.807, 2.05) is 18.2 Å². The lowest BCUT2D eigenvalue weighted by Gasteiger charge is -2.28. The average Bonchev–Trinajstić information content (AvgIpc) is 2.78.